The van der Waals surface area contributed by atoms with Crippen LogP contribution in [0.3, 0.4) is 0 Å². The summed E-state index contributed by atoms with van der Waals surface area (Å²) < 4.78 is 0. The summed E-state index contributed by atoms with van der Waals surface area (Å²) in [7, 11) is 0. The maximum Gasteiger partial charge on any atom is 0.119 e. The van der Waals surface area contributed by atoms with Crippen molar-refractivity contribution in [1.82, 2.24) is 0 Å². The van der Waals surface area contributed by atoms with Crippen LogP contribution < -0.4 is 11.5 Å². The molecule has 6 N–H and O–H groups in total. The third kappa shape index (κ3) is 1.90. The lowest BCUT2D eigenvalue weighted by atomic mass is 9.74. The van der Waals surface area contributed by atoms with Crippen molar-refractivity contribution in [2.45, 2.75) is 39.1 Å². The molecule has 0 amide bonds. The van der Waals surface area contributed by atoms with Crippen LogP contribution in [0.2, 0.25) is 0 Å². The van der Waals surface area contributed by atoms with Gasteiger partial charge in [0.25, 0.3) is 0 Å². The Morgan fingerprint density at radius 3 is 1.00 bits per heavy atom. The van der Waals surface area contributed by atoms with Gasteiger partial charge in [0.2, 0.25) is 0 Å². The molecule has 0 bridgehead atoms. The summed E-state index contributed by atoms with van der Waals surface area (Å²) in [5, 5.41) is 18.8. The highest BCUT2D eigenvalue weighted by molar-refractivity contribution is 4.95. The first kappa shape index (κ1) is 10.8. The Labute approximate surface area is 67.2 Å². The number of rotatable bonds is 2. The van der Waals surface area contributed by atoms with E-state index in [1.54, 1.807) is 13.8 Å². The first-order chi connectivity index (χ1) is 4.50. The zero-order valence-corrected chi connectivity index (χ0v) is 7.55. The Bertz CT molecular complexity index is 126. The first-order valence-corrected chi connectivity index (χ1v) is 3.52. The molecule has 0 saturated carbocycles. The molecule has 0 aromatic heterocycles. The van der Waals surface area contributed by atoms with E-state index < -0.39 is 16.9 Å². The smallest absolute Gasteiger partial charge is 0.119 e. The average molecular weight is 162 g/mol. The van der Waals surface area contributed by atoms with Gasteiger partial charge in [-0.3, -0.25) is 0 Å². The van der Waals surface area contributed by atoms with Crippen LogP contribution in [-0.4, -0.2) is 21.7 Å². The number of aliphatic hydroxyl groups is 2. The van der Waals surface area contributed by atoms with Crippen LogP contribution in [0.5, 0.6) is 0 Å². The van der Waals surface area contributed by atoms with E-state index in [0.717, 1.165) is 0 Å². The van der Waals surface area contributed by atoms with E-state index in [1.807, 2.05) is 0 Å². The van der Waals surface area contributed by atoms with Gasteiger partial charge in [-0.05, 0) is 13.8 Å². The summed E-state index contributed by atoms with van der Waals surface area (Å²) in [4.78, 5) is 0. The van der Waals surface area contributed by atoms with Crippen molar-refractivity contribution < 1.29 is 10.2 Å². The molecule has 0 aliphatic heterocycles. The average Bonchev–Trinajstić information content (AvgIpc) is 1.58. The molecule has 2 atom stereocenters. The van der Waals surface area contributed by atoms with Gasteiger partial charge in [-0.2, -0.15) is 0 Å². The van der Waals surface area contributed by atoms with Crippen LogP contribution in [-0.2, 0) is 0 Å². The van der Waals surface area contributed by atoms with Crippen molar-refractivity contribution in [3.8, 4) is 0 Å². The molecule has 0 rings (SSSR count). The van der Waals surface area contributed by atoms with Crippen molar-refractivity contribution in [3.05, 3.63) is 0 Å². The third-order valence-electron chi connectivity index (χ3n) is 2.53. The number of nitrogens with two attached hydrogens (primary N) is 2. The molecule has 0 aromatic rings. The van der Waals surface area contributed by atoms with Crippen molar-refractivity contribution in [3.63, 3.8) is 0 Å². The Balaban J connectivity index is 4.75. The lowest BCUT2D eigenvalue weighted by Gasteiger charge is -2.45. The lowest BCUT2D eigenvalue weighted by molar-refractivity contribution is -0.158. The SMILES string of the molecule is CC(N)(O)C(C)(C)C(C)(N)O. The van der Waals surface area contributed by atoms with E-state index >= 15 is 0 Å². The van der Waals surface area contributed by atoms with Gasteiger partial charge in [0.05, 0.1) is 0 Å². The third-order valence-corrected chi connectivity index (χ3v) is 2.53. The van der Waals surface area contributed by atoms with Crippen LogP contribution in [0, 0.1) is 5.41 Å². The molecule has 0 fully saturated rings. The molecule has 0 saturated heterocycles. The van der Waals surface area contributed by atoms with Crippen LogP contribution in [0.15, 0.2) is 0 Å². The molecule has 4 heteroatoms. The fraction of sp³-hybridized carbons (Fsp3) is 1.00. The summed E-state index contributed by atoms with van der Waals surface area (Å²) in [6, 6.07) is 0. The topological polar surface area (TPSA) is 92.5 Å². The van der Waals surface area contributed by atoms with Crippen LogP contribution in [0.4, 0.5) is 0 Å². The van der Waals surface area contributed by atoms with E-state index in [2.05, 4.69) is 0 Å². The fourth-order valence-corrected chi connectivity index (χ4v) is 0.512. The molecular formula is C7H18N2O2. The van der Waals surface area contributed by atoms with E-state index in [9.17, 15) is 10.2 Å². The highest BCUT2D eigenvalue weighted by atomic mass is 16.3. The Hall–Kier alpha value is -0.160. The maximum absolute atomic E-state index is 9.42. The summed E-state index contributed by atoms with van der Waals surface area (Å²) in [5.41, 5.74) is 6.88. The van der Waals surface area contributed by atoms with E-state index in [0.29, 0.717) is 0 Å². The normalized spacial score (nSPS) is 24.0. The first-order valence-electron chi connectivity index (χ1n) is 3.52. The summed E-state index contributed by atoms with van der Waals surface area (Å²) in [5.74, 6) is 0. The van der Waals surface area contributed by atoms with Crippen molar-refractivity contribution in [1.29, 1.82) is 0 Å². The zero-order valence-electron chi connectivity index (χ0n) is 7.55. The van der Waals surface area contributed by atoms with Crippen LogP contribution in [0.25, 0.3) is 0 Å². The molecule has 0 aliphatic rings. The minimum atomic E-state index is -1.49. The van der Waals surface area contributed by atoms with Gasteiger partial charge in [-0.1, -0.05) is 13.8 Å². The minimum Gasteiger partial charge on any atom is -0.376 e. The molecule has 0 radical (unpaired) electrons. The van der Waals surface area contributed by atoms with E-state index in [-0.39, 0.29) is 0 Å². The van der Waals surface area contributed by atoms with Crippen molar-refractivity contribution >= 4 is 0 Å². The van der Waals surface area contributed by atoms with Gasteiger partial charge in [-0.15, -0.1) is 0 Å². The van der Waals surface area contributed by atoms with Crippen molar-refractivity contribution in [2.24, 2.45) is 16.9 Å². The molecule has 2 unspecified atom stereocenters. The predicted molar refractivity (Wildman–Crippen MR) is 43.4 cm³/mol. The largest absolute Gasteiger partial charge is 0.376 e. The predicted octanol–water partition coefficient (Wildman–Crippen LogP) is -0.653. The molecule has 0 aromatic carbocycles. The highest BCUT2D eigenvalue weighted by Crippen LogP contribution is 2.34. The van der Waals surface area contributed by atoms with Gasteiger partial charge >= 0.3 is 0 Å². The molecule has 0 heterocycles. The van der Waals surface area contributed by atoms with Gasteiger partial charge in [0.15, 0.2) is 0 Å². The number of hydrogen-bond acceptors (Lipinski definition) is 4. The summed E-state index contributed by atoms with van der Waals surface area (Å²) in [6.45, 7) is 6.03. The van der Waals surface area contributed by atoms with E-state index in [1.165, 1.54) is 13.8 Å². The van der Waals surface area contributed by atoms with Crippen LogP contribution in [0.1, 0.15) is 27.7 Å². The second kappa shape index (κ2) is 2.42. The van der Waals surface area contributed by atoms with Crippen LogP contribution >= 0.6 is 0 Å². The Kier molecular flexibility index (Phi) is 2.38. The maximum atomic E-state index is 9.42. The molecular weight excluding hydrogens is 144 g/mol. The Morgan fingerprint density at radius 1 is 0.818 bits per heavy atom. The fourth-order valence-electron chi connectivity index (χ4n) is 0.512. The molecule has 4 nitrogen and oxygen atoms in total. The lowest BCUT2D eigenvalue weighted by Crippen LogP contribution is -2.64. The van der Waals surface area contributed by atoms with Gasteiger partial charge in [-0.25, -0.2) is 0 Å². The van der Waals surface area contributed by atoms with Crippen molar-refractivity contribution in [2.75, 3.05) is 0 Å². The minimum absolute atomic E-state index is 0.958. The monoisotopic (exact) mass is 162 g/mol. The molecule has 0 spiro atoms. The van der Waals surface area contributed by atoms with Gasteiger partial charge in [0, 0.05) is 5.41 Å². The zero-order chi connectivity index (χ0) is 9.50. The Morgan fingerprint density at radius 2 is 1.00 bits per heavy atom. The van der Waals surface area contributed by atoms with E-state index in [4.69, 9.17) is 11.5 Å². The van der Waals surface area contributed by atoms with Gasteiger partial charge < -0.3 is 21.7 Å². The number of hydrogen-bond donors (Lipinski definition) is 4. The highest BCUT2D eigenvalue weighted by Gasteiger charge is 2.47. The standard InChI is InChI=1S/C7H18N2O2/c1-5(2,6(3,8)10)7(4,9)11/h10-11H,8-9H2,1-4H3. The molecule has 11 heavy (non-hydrogen) atoms. The second-order valence-electron chi connectivity index (χ2n) is 3.92. The summed E-state index contributed by atoms with van der Waals surface area (Å²) in [6.07, 6.45) is 0. The molecule has 0 aliphatic carbocycles. The second-order valence-corrected chi connectivity index (χ2v) is 3.92. The van der Waals surface area contributed by atoms with Gasteiger partial charge in [0.1, 0.15) is 11.4 Å². The quantitative estimate of drug-likeness (QED) is 0.406. The summed E-state index contributed by atoms with van der Waals surface area (Å²) >= 11 is 0. The molecule has 68 valence electrons.